The summed E-state index contributed by atoms with van der Waals surface area (Å²) >= 11 is 0. The van der Waals surface area contributed by atoms with Crippen LogP contribution in [0.5, 0.6) is 0 Å². The van der Waals surface area contributed by atoms with Crippen LogP contribution in [0.4, 0.5) is 0 Å². The second-order valence-corrected chi connectivity index (χ2v) is 22.4. The predicted octanol–water partition coefficient (Wildman–Crippen LogP) is 17.1. The molecule has 0 rings (SSSR count). The number of nitrogens with one attached hydrogen (secondary N) is 1. The standard InChI is InChI=1S/C60H113N2O6P/c1-6-8-10-12-14-16-18-19-20-21-22-23-24-25-26-27-28-29-30-31-32-33-34-35-36-37-38-39-40-41-42-43-44-46-48-50-52-54-60(64)61-58(57-68-69(65,66)67-56-55-62(3,4)5)59(63)53-51-49-47-45-17-15-13-11-9-7-2/h17-19,21-22,24-25,45,51,53,58-59,63H,6-16,20,23,26-44,46-50,52,54-57H2,1-5H3,(H-,61,64,65,66)/b19-18-,22-21-,25-24-,45-17+,53-51+. The number of aliphatic hydroxyl groups excluding tert-OH is 1. The average molecular weight is 990 g/mol. The SMILES string of the molecule is CCCCCC/C=C/CC/C=C/C(O)C(COP(=O)([O-])OCC[N+](C)(C)C)NC(=O)CCCCCCCCCCCCCCCCCCCCCCCC/C=C\C/C=C\C/C=C\CCCCCCC. The van der Waals surface area contributed by atoms with Gasteiger partial charge in [-0.05, 0) is 70.6 Å². The number of likely N-dealkylation sites (N-methyl/N-ethyl adjacent to an activating group) is 1. The third-order valence-electron chi connectivity index (χ3n) is 12.9. The van der Waals surface area contributed by atoms with E-state index in [4.69, 9.17) is 9.05 Å². The number of aliphatic hydroxyl groups is 1. The summed E-state index contributed by atoms with van der Waals surface area (Å²) < 4.78 is 23.2. The van der Waals surface area contributed by atoms with Crippen LogP contribution in [0.15, 0.2) is 60.8 Å². The van der Waals surface area contributed by atoms with Crippen molar-refractivity contribution in [3.63, 3.8) is 0 Å². The summed E-state index contributed by atoms with van der Waals surface area (Å²) in [6.07, 6.45) is 69.1. The lowest BCUT2D eigenvalue weighted by molar-refractivity contribution is -0.870. The first-order chi connectivity index (χ1) is 33.5. The van der Waals surface area contributed by atoms with E-state index in [1.807, 2.05) is 27.2 Å². The van der Waals surface area contributed by atoms with Gasteiger partial charge in [0.15, 0.2) is 0 Å². The first-order valence-electron chi connectivity index (χ1n) is 29.2. The molecule has 3 unspecified atom stereocenters. The van der Waals surface area contributed by atoms with Gasteiger partial charge in [-0.3, -0.25) is 9.36 Å². The number of unbranched alkanes of at least 4 members (excludes halogenated alkanes) is 32. The van der Waals surface area contributed by atoms with Crippen molar-refractivity contribution in [1.82, 2.24) is 5.32 Å². The van der Waals surface area contributed by atoms with Gasteiger partial charge in [0.1, 0.15) is 13.2 Å². The van der Waals surface area contributed by atoms with E-state index in [0.29, 0.717) is 17.4 Å². The summed E-state index contributed by atoms with van der Waals surface area (Å²) in [5.41, 5.74) is 0. The van der Waals surface area contributed by atoms with Crippen LogP contribution < -0.4 is 10.2 Å². The maximum atomic E-state index is 12.9. The number of allylic oxidation sites excluding steroid dienone is 9. The normalized spacial score (nSPS) is 14.4. The van der Waals surface area contributed by atoms with Gasteiger partial charge in [0.2, 0.25) is 5.91 Å². The van der Waals surface area contributed by atoms with Crippen molar-refractivity contribution in [2.45, 2.75) is 276 Å². The van der Waals surface area contributed by atoms with Crippen LogP contribution in [0.3, 0.4) is 0 Å². The minimum Gasteiger partial charge on any atom is -0.756 e. The number of amides is 1. The van der Waals surface area contributed by atoms with Crippen LogP contribution in [-0.4, -0.2) is 68.5 Å². The van der Waals surface area contributed by atoms with Crippen molar-refractivity contribution >= 4 is 13.7 Å². The Morgan fingerprint density at radius 3 is 1.29 bits per heavy atom. The number of carbonyl (C=O) groups is 1. The van der Waals surface area contributed by atoms with E-state index in [-0.39, 0.29) is 12.5 Å². The predicted molar refractivity (Wildman–Crippen MR) is 297 cm³/mol. The van der Waals surface area contributed by atoms with E-state index in [9.17, 15) is 19.4 Å². The molecule has 1 amide bonds. The fourth-order valence-electron chi connectivity index (χ4n) is 8.35. The highest BCUT2D eigenvalue weighted by Gasteiger charge is 2.23. The van der Waals surface area contributed by atoms with Crippen molar-refractivity contribution in [2.24, 2.45) is 0 Å². The topological polar surface area (TPSA) is 108 Å². The molecule has 8 nitrogen and oxygen atoms in total. The van der Waals surface area contributed by atoms with Gasteiger partial charge in [0.05, 0.1) is 39.9 Å². The first kappa shape index (κ1) is 67.2. The summed E-state index contributed by atoms with van der Waals surface area (Å²) in [5, 5.41) is 13.8. The molecule has 0 saturated heterocycles. The fourth-order valence-corrected chi connectivity index (χ4v) is 9.08. The molecule has 0 spiro atoms. The Bertz CT molecular complexity index is 1310. The number of phosphoric acid groups is 1. The lowest BCUT2D eigenvalue weighted by Gasteiger charge is -2.29. The minimum atomic E-state index is -4.60. The Labute approximate surface area is 428 Å². The van der Waals surface area contributed by atoms with Crippen LogP contribution in [0.1, 0.15) is 264 Å². The maximum Gasteiger partial charge on any atom is 0.268 e. The zero-order valence-electron chi connectivity index (χ0n) is 46.0. The molecular formula is C60H113N2O6P. The van der Waals surface area contributed by atoms with Crippen LogP contribution in [-0.2, 0) is 18.4 Å². The third kappa shape index (κ3) is 53.8. The Morgan fingerprint density at radius 2 is 0.855 bits per heavy atom. The van der Waals surface area contributed by atoms with Crippen molar-refractivity contribution < 1.29 is 32.9 Å². The summed E-state index contributed by atoms with van der Waals surface area (Å²) in [7, 11) is 1.24. The smallest absolute Gasteiger partial charge is 0.268 e. The quantitative estimate of drug-likeness (QED) is 0.0272. The van der Waals surface area contributed by atoms with Gasteiger partial charge >= 0.3 is 0 Å². The molecule has 0 aliphatic heterocycles. The van der Waals surface area contributed by atoms with E-state index in [0.717, 1.165) is 51.4 Å². The van der Waals surface area contributed by atoms with Gasteiger partial charge in [-0.1, -0.05) is 248 Å². The number of rotatable bonds is 53. The molecule has 3 atom stereocenters. The average Bonchev–Trinajstić information content (AvgIpc) is 3.31. The molecule has 69 heavy (non-hydrogen) atoms. The number of hydrogen-bond acceptors (Lipinski definition) is 6. The number of nitrogens with zero attached hydrogens (tertiary/aromatic N) is 1. The monoisotopic (exact) mass is 989 g/mol. The third-order valence-corrected chi connectivity index (χ3v) is 13.9. The van der Waals surface area contributed by atoms with E-state index in [1.165, 1.54) is 193 Å². The molecule has 0 saturated carbocycles. The van der Waals surface area contributed by atoms with Gasteiger partial charge in [-0.25, -0.2) is 0 Å². The Morgan fingerprint density at radius 1 is 0.507 bits per heavy atom. The van der Waals surface area contributed by atoms with Gasteiger partial charge in [0, 0.05) is 6.42 Å². The van der Waals surface area contributed by atoms with Gasteiger partial charge < -0.3 is 28.8 Å². The zero-order valence-corrected chi connectivity index (χ0v) is 46.9. The van der Waals surface area contributed by atoms with Crippen LogP contribution in [0, 0.1) is 0 Å². The Kier molecular flexibility index (Phi) is 49.8. The molecule has 404 valence electrons. The number of phosphoric ester groups is 1. The second-order valence-electron chi connectivity index (χ2n) is 21.0. The van der Waals surface area contributed by atoms with Gasteiger partial charge in [0.25, 0.3) is 7.82 Å². The van der Waals surface area contributed by atoms with Crippen LogP contribution >= 0.6 is 7.82 Å². The maximum absolute atomic E-state index is 12.9. The van der Waals surface area contributed by atoms with Crippen molar-refractivity contribution in [2.75, 3.05) is 40.9 Å². The van der Waals surface area contributed by atoms with Crippen molar-refractivity contribution in [3.8, 4) is 0 Å². The molecule has 0 aliphatic rings. The molecule has 9 heteroatoms. The summed E-state index contributed by atoms with van der Waals surface area (Å²) in [5.74, 6) is -0.207. The Hall–Kier alpha value is -1.80. The van der Waals surface area contributed by atoms with Gasteiger partial charge in [-0.2, -0.15) is 0 Å². The molecule has 0 bridgehead atoms. The van der Waals surface area contributed by atoms with Crippen LogP contribution in [0.25, 0.3) is 0 Å². The van der Waals surface area contributed by atoms with E-state index < -0.39 is 26.6 Å². The first-order valence-corrected chi connectivity index (χ1v) is 30.6. The molecule has 0 aromatic heterocycles. The van der Waals surface area contributed by atoms with E-state index in [1.54, 1.807) is 6.08 Å². The summed E-state index contributed by atoms with van der Waals surface area (Å²) in [4.78, 5) is 25.4. The van der Waals surface area contributed by atoms with Crippen molar-refractivity contribution in [1.29, 1.82) is 0 Å². The molecule has 0 fully saturated rings. The molecule has 2 N–H and O–H groups in total. The molecule has 0 radical (unpaired) electrons. The molecular weight excluding hydrogens is 876 g/mol. The number of hydrogen-bond donors (Lipinski definition) is 2. The highest BCUT2D eigenvalue weighted by Crippen LogP contribution is 2.38. The highest BCUT2D eigenvalue weighted by molar-refractivity contribution is 7.45. The lowest BCUT2D eigenvalue weighted by Crippen LogP contribution is -2.45. The lowest BCUT2D eigenvalue weighted by atomic mass is 10.0. The van der Waals surface area contributed by atoms with Crippen molar-refractivity contribution in [3.05, 3.63) is 60.8 Å². The molecule has 0 aliphatic carbocycles. The minimum absolute atomic E-state index is 0.00660. The summed E-state index contributed by atoms with van der Waals surface area (Å²) in [6.45, 7) is 4.58. The van der Waals surface area contributed by atoms with E-state index >= 15 is 0 Å². The van der Waals surface area contributed by atoms with Gasteiger partial charge in [-0.15, -0.1) is 0 Å². The largest absolute Gasteiger partial charge is 0.756 e. The number of carbonyl (C=O) groups excluding carboxylic acids is 1. The highest BCUT2D eigenvalue weighted by atomic mass is 31.2. The Balaban J connectivity index is 3.89. The molecule has 0 aromatic rings. The summed E-state index contributed by atoms with van der Waals surface area (Å²) in [6, 6.07) is -0.901. The fraction of sp³-hybridized carbons (Fsp3) is 0.817. The van der Waals surface area contributed by atoms with Crippen LogP contribution in [0.2, 0.25) is 0 Å². The second kappa shape index (κ2) is 51.1. The molecule has 0 heterocycles. The zero-order chi connectivity index (χ0) is 50.6. The number of quaternary nitrogens is 1. The molecule has 0 aromatic carbocycles. The van der Waals surface area contributed by atoms with E-state index in [2.05, 4.69) is 67.8 Å².